The highest BCUT2D eigenvalue weighted by molar-refractivity contribution is 4.47. The molecule has 3 nitrogen and oxygen atoms in total. The Balaban J connectivity index is 2.74. The van der Waals surface area contributed by atoms with E-state index in [1.165, 1.54) is 6.26 Å². The molecule has 0 aromatic rings. The van der Waals surface area contributed by atoms with Crippen LogP contribution in [-0.2, 0) is 14.2 Å². The molecule has 0 N–H and O–H groups in total. The fraction of sp³-hybridized carbons (Fsp3) is 0.625. The van der Waals surface area contributed by atoms with Crippen molar-refractivity contribution in [1.82, 2.24) is 0 Å². The van der Waals surface area contributed by atoms with E-state index in [4.69, 9.17) is 14.2 Å². The summed E-state index contributed by atoms with van der Waals surface area (Å²) in [6.07, 6.45) is 1.40. The van der Waals surface area contributed by atoms with E-state index in [0.717, 1.165) is 0 Å². The average molecular weight is 159 g/mol. The van der Waals surface area contributed by atoms with Gasteiger partial charge >= 0.3 is 0 Å². The van der Waals surface area contributed by atoms with Gasteiger partial charge in [-0.1, -0.05) is 6.58 Å². The molecule has 11 heavy (non-hydrogen) atoms. The lowest BCUT2D eigenvalue weighted by atomic mass is 10.7. The van der Waals surface area contributed by atoms with Crippen LogP contribution in [0.25, 0.3) is 0 Å². The fourth-order valence-electron chi connectivity index (χ4n) is 0.517. The molecule has 0 aliphatic heterocycles. The topological polar surface area (TPSA) is 27.7 Å². The van der Waals surface area contributed by atoms with Crippen molar-refractivity contribution >= 4 is 0 Å². The molecule has 0 atom stereocenters. The van der Waals surface area contributed by atoms with E-state index in [2.05, 4.69) is 6.58 Å². The minimum atomic E-state index is 0.555. The van der Waals surface area contributed by atoms with Gasteiger partial charge < -0.3 is 14.2 Å². The molecule has 0 spiro atoms. The summed E-state index contributed by atoms with van der Waals surface area (Å²) in [7, 11) is 0. The third-order valence-corrected chi connectivity index (χ3v) is 0.976. The second kappa shape index (κ2) is 9.46. The molecule has 0 aromatic carbocycles. The summed E-state index contributed by atoms with van der Waals surface area (Å²) in [4.78, 5) is 0. The van der Waals surface area contributed by atoms with Crippen molar-refractivity contribution in [1.29, 1.82) is 0 Å². The Labute approximate surface area is 67.9 Å². The molecule has 0 bridgehead atoms. The van der Waals surface area contributed by atoms with Gasteiger partial charge in [0.15, 0.2) is 0 Å². The van der Waals surface area contributed by atoms with Crippen molar-refractivity contribution < 1.29 is 14.2 Å². The first-order chi connectivity index (χ1) is 5.41. The maximum atomic E-state index is 5.12. The van der Waals surface area contributed by atoms with Gasteiger partial charge in [-0.2, -0.15) is 0 Å². The predicted molar refractivity (Wildman–Crippen MR) is 42.9 cm³/mol. The molecule has 0 aromatic heterocycles. The van der Waals surface area contributed by atoms with Crippen molar-refractivity contribution in [3.05, 3.63) is 19.4 Å². The summed E-state index contributed by atoms with van der Waals surface area (Å²) in [5.74, 6) is 0. The molecule has 0 heterocycles. The summed E-state index contributed by atoms with van der Waals surface area (Å²) in [5.41, 5.74) is 0. The van der Waals surface area contributed by atoms with E-state index < -0.39 is 0 Å². The molecule has 65 valence electrons. The zero-order valence-corrected chi connectivity index (χ0v) is 6.91. The Hall–Kier alpha value is -0.540. The van der Waals surface area contributed by atoms with Gasteiger partial charge in [-0.3, -0.25) is 0 Å². The van der Waals surface area contributed by atoms with Crippen molar-refractivity contribution in [2.75, 3.05) is 26.4 Å². The third-order valence-electron chi connectivity index (χ3n) is 0.976. The number of hydrogen-bond acceptors (Lipinski definition) is 3. The first kappa shape index (κ1) is 10.5. The van der Waals surface area contributed by atoms with Crippen LogP contribution in [0, 0.1) is 6.61 Å². The molecule has 1 radical (unpaired) electrons. The van der Waals surface area contributed by atoms with E-state index in [1.807, 2.05) is 6.92 Å². The zero-order chi connectivity index (χ0) is 8.36. The smallest absolute Gasteiger partial charge is 0.111 e. The quantitative estimate of drug-likeness (QED) is 0.395. The van der Waals surface area contributed by atoms with E-state index in [9.17, 15) is 0 Å². The first-order valence-electron chi connectivity index (χ1n) is 3.61. The molecule has 0 aliphatic carbocycles. The largest absolute Gasteiger partial charge is 0.499 e. The van der Waals surface area contributed by atoms with Gasteiger partial charge in [0.05, 0.1) is 32.7 Å². The van der Waals surface area contributed by atoms with E-state index in [-0.39, 0.29) is 0 Å². The van der Waals surface area contributed by atoms with Crippen LogP contribution < -0.4 is 0 Å². The minimum absolute atomic E-state index is 0.555. The summed E-state index contributed by atoms with van der Waals surface area (Å²) in [6, 6.07) is 0. The van der Waals surface area contributed by atoms with Crippen LogP contribution in [-0.4, -0.2) is 26.4 Å². The van der Waals surface area contributed by atoms with Gasteiger partial charge in [0.25, 0.3) is 0 Å². The fourth-order valence-corrected chi connectivity index (χ4v) is 0.517. The molecule has 0 aliphatic rings. The summed E-state index contributed by atoms with van der Waals surface area (Å²) >= 11 is 0. The maximum absolute atomic E-state index is 5.12. The van der Waals surface area contributed by atoms with Gasteiger partial charge in [0.2, 0.25) is 0 Å². The molecule has 0 saturated heterocycles. The van der Waals surface area contributed by atoms with Gasteiger partial charge in [0.1, 0.15) is 6.61 Å². The Bertz CT molecular complexity index is 83.4. The number of rotatable bonds is 8. The standard InChI is InChI=1S/C8H15O3/c1-3-9-5-7-11-8-6-10-4-2/h3-4H,1,5-8H2,2H3. The molecule has 0 fully saturated rings. The van der Waals surface area contributed by atoms with Gasteiger partial charge in [-0.25, -0.2) is 0 Å². The Morgan fingerprint density at radius 3 is 2.27 bits per heavy atom. The molecule has 0 rings (SSSR count). The third kappa shape index (κ3) is 9.46. The summed E-state index contributed by atoms with van der Waals surface area (Å²) in [5, 5.41) is 0. The van der Waals surface area contributed by atoms with Crippen LogP contribution in [0.4, 0.5) is 0 Å². The molecular formula is C8H15O3. The molecule has 0 unspecified atom stereocenters. The maximum Gasteiger partial charge on any atom is 0.111 e. The van der Waals surface area contributed by atoms with Gasteiger partial charge in [0, 0.05) is 0 Å². The number of ether oxygens (including phenoxy) is 3. The van der Waals surface area contributed by atoms with Crippen LogP contribution in [0.2, 0.25) is 0 Å². The minimum Gasteiger partial charge on any atom is -0.499 e. The van der Waals surface area contributed by atoms with Crippen LogP contribution in [0.15, 0.2) is 12.8 Å². The molecule has 3 heteroatoms. The van der Waals surface area contributed by atoms with Crippen molar-refractivity contribution in [3.63, 3.8) is 0 Å². The van der Waals surface area contributed by atoms with E-state index >= 15 is 0 Å². The molecule has 0 amide bonds. The zero-order valence-electron chi connectivity index (χ0n) is 6.91. The summed E-state index contributed by atoms with van der Waals surface area (Å²) in [6.45, 7) is 9.22. The van der Waals surface area contributed by atoms with Crippen LogP contribution >= 0.6 is 0 Å². The Kier molecular flexibility index (Phi) is 9.00. The van der Waals surface area contributed by atoms with Gasteiger partial charge in [-0.15, -0.1) is 0 Å². The van der Waals surface area contributed by atoms with Gasteiger partial charge in [-0.05, 0) is 6.92 Å². The highest BCUT2D eigenvalue weighted by atomic mass is 16.5. The highest BCUT2D eigenvalue weighted by Gasteiger charge is 1.87. The van der Waals surface area contributed by atoms with E-state index in [0.29, 0.717) is 26.4 Å². The highest BCUT2D eigenvalue weighted by Crippen LogP contribution is 1.82. The average Bonchev–Trinajstić information content (AvgIpc) is 2.03. The van der Waals surface area contributed by atoms with Crippen LogP contribution in [0.5, 0.6) is 0 Å². The summed E-state index contributed by atoms with van der Waals surface area (Å²) < 4.78 is 14.9. The van der Waals surface area contributed by atoms with Crippen molar-refractivity contribution in [3.8, 4) is 0 Å². The normalized spacial score (nSPS) is 9.55. The SMILES string of the molecule is C=COCCOCCO[CH]C. The Morgan fingerprint density at radius 2 is 1.73 bits per heavy atom. The van der Waals surface area contributed by atoms with Crippen molar-refractivity contribution in [2.24, 2.45) is 0 Å². The first-order valence-corrected chi connectivity index (χ1v) is 3.61. The lowest BCUT2D eigenvalue weighted by molar-refractivity contribution is 0.0483. The van der Waals surface area contributed by atoms with Crippen LogP contribution in [0.1, 0.15) is 6.92 Å². The van der Waals surface area contributed by atoms with Crippen molar-refractivity contribution in [2.45, 2.75) is 6.92 Å². The van der Waals surface area contributed by atoms with Crippen LogP contribution in [0.3, 0.4) is 0 Å². The second-order valence-corrected chi connectivity index (χ2v) is 1.76. The lowest BCUT2D eigenvalue weighted by Crippen LogP contribution is -2.06. The predicted octanol–water partition coefficient (Wildman–Crippen LogP) is 1.36. The number of hydrogen-bond donors (Lipinski definition) is 0. The lowest BCUT2D eigenvalue weighted by Gasteiger charge is -2.03. The second-order valence-electron chi connectivity index (χ2n) is 1.76. The molecule has 0 saturated carbocycles. The molecular weight excluding hydrogens is 144 g/mol. The monoisotopic (exact) mass is 159 g/mol. The van der Waals surface area contributed by atoms with E-state index in [1.54, 1.807) is 6.61 Å². The Morgan fingerprint density at radius 1 is 1.09 bits per heavy atom.